The summed E-state index contributed by atoms with van der Waals surface area (Å²) < 4.78 is 0. The maximum atomic E-state index is 9.11. The number of halogens is 1. The van der Waals surface area contributed by atoms with E-state index in [1.807, 2.05) is 30.3 Å². The maximum absolute atomic E-state index is 9.11. The Kier molecular flexibility index (Phi) is 3.71. The average Bonchev–Trinajstić information content (AvgIpc) is 2.29. The van der Waals surface area contributed by atoms with Crippen molar-refractivity contribution in [2.75, 3.05) is 6.54 Å². The highest BCUT2D eigenvalue weighted by Gasteiger charge is 2.02. The van der Waals surface area contributed by atoms with Crippen LogP contribution in [0.3, 0.4) is 0 Å². The van der Waals surface area contributed by atoms with Crippen molar-refractivity contribution in [2.24, 2.45) is 4.99 Å². The molecule has 2 aromatic rings. The van der Waals surface area contributed by atoms with Crippen LogP contribution in [0.25, 0.3) is 10.9 Å². The Morgan fingerprint density at radius 2 is 2.24 bits per heavy atom. The van der Waals surface area contributed by atoms with E-state index in [1.54, 1.807) is 13.1 Å². The summed E-state index contributed by atoms with van der Waals surface area (Å²) in [5.74, 6) is 0. The zero-order valence-corrected chi connectivity index (χ0v) is 10.2. The van der Waals surface area contributed by atoms with E-state index in [0.717, 1.165) is 16.5 Å². The molecule has 0 spiro atoms. The largest absolute Gasteiger partial charge is 0.391 e. The molecule has 1 N–H and O–H groups in total. The average molecular weight is 249 g/mol. The van der Waals surface area contributed by atoms with Crippen molar-refractivity contribution < 1.29 is 5.11 Å². The molecule has 1 heterocycles. The predicted molar refractivity (Wildman–Crippen MR) is 70.9 cm³/mol. The molecule has 0 amide bonds. The van der Waals surface area contributed by atoms with E-state index in [0.29, 0.717) is 11.7 Å². The standard InChI is InChI=1S/C13H13ClN2O/c1-9(17)7-15-8-11-6-10-4-2-3-5-12(10)16-13(11)14/h2-6,8-9,17H,7H2,1H3/t9-/m1/s1. The van der Waals surface area contributed by atoms with Gasteiger partial charge in [0.1, 0.15) is 5.15 Å². The number of aliphatic hydroxyl groups excluding tert-OH is 1. The van der Waals surface area contributed by atoms with Crippen LogP contribution in [0.5, 0.6) is 0 Å². The fraction of sp³-hybridized carbons (Fsp3) is 0.231. The summed E-state index contributed by atoms with van der Waals surface area (Å²) in [6.07, 6.45) is 1.20. The highest BCUT2D eigenvalue weighted by molar-refractivity contribution is 6.32. The van der Waals surface area contributed by atoms with Crippen LogP contribution < -0.4 is 0 Å². The number of aliphatic hydroxyl groups is 1. The van der Waals surface area contributed by atoms with E-state index >= 15 is 0 Å². The van der Waals surface area contributed by atoms with Crippen molar-refractivity contribution in [1.82, 2.24) is 4.98 Å². The molecule has 0 unspecified atom stereocenters. The number of benzene rings is 1. The molecule has 17 heavy (non-hydrogen) atoms. The van der Waals surface area contributed by atoms with Gasteiger partial charge in [-0.2, -0.15) is 0 Å². The monoisotopic (exact) mass is 248 g/mol. The fourth-order valence-electron chi connectivity index (χ4n) is 1.50. The lowest BCUT2D eigenvalue weighted by molar-refractivity contribution is 0.204. The van der Waals surface area contributed by atoms with Crippen LogP contribution in [0.15, 0.2) is 35.3 Å². The normalized spacial score (nSPS) is 13.4. The Bertz CT molecular complexity index is 552. The van der Waals surface area contributed by atoms with Crippen molar-refractivity contribution >= 4 is 28.7 Å². The number of pyridine rings is 1. The Balaban J connectivity index is 2.34. The summed E-state index contributed by atoms with van der Waals surface area (Å²) >= 11 is 6.05. The van der Waals surface area contributed by atoms with E-state index in [-0.39, 0.29) is 0 Å². The van der Waals surface area contributed by atoms with Crippen molar-refractivity contribution in [3.05, 3.63) is 41.0 Å². The fourth-order valence-corrected chi connectivity index (χ4v) is 1.70. The summed E-state index contributed by atoms with van der Waals surface area (Å²) in [6.45, 7) is 2.06. The molecular formula is C13H13ClN2O. The molecule has 1 aromatic carbocycles. The molecule has 0 aliphatic rings. The predicted octanol–water partition coefficient (Wildman–Crippen LogP) is 2.69. The molecule has 88 valence electrons. The SMILES string of the molecule is C[C@@H](O)CN=Cc1cc2ccccc2nc1Cl. The van der Waals surface area contributed by atoms with Gasteiger partial charge in [0.15, 0.2) is 0 Å². The molecule has 4 heteroatoms. The van der Waals surface area contributed by atoms with Gasteiger partial charge in [0.25, 0.3) is 0 Å². The third-order valence-corrected chi connectivity index (χ3v) is 2.61. The second kappa shape index (κ2) is 5.25. The molecule has 1 aromatic heterocycles. The Hall–Kier alpha value is -1.45. The molecule has 0 fully saturated rings. The number of fused-ring (bicyclic) bond motifs is 1. The number of rotatable bonds is 3. The lowest BCUT2D eigenvalue weighted by atomic mass is 10.2. The van der Waals surface area contributed by atoms with Gasteiger partial charge >= 0.3 is 0 Å². The van der Waals surface area contributed by atoms with Gasteiger partial charge in [0.2, 0.25) is 0 Å². The van der Waals surface area contributed by atoms with Gasteiger partial charge in [-0.15, -0.1) is 0 Å². The van der Waals surface area contributed by atoms with Gasteiger partial charge in [-0.1, -0.05) is 29.8 Å². The number of hydrogen-bond donors (Lipinski definition) is 1. The number of nitrogens with zero attached hydrogens (tertiary/aromatic N) is 2. The summed E-state index contributed by atoms with van der Waals surface area (Å²) in [6, 6.07) is 9.71. The number of hydrogen-bond acceptors (Lipinski definition) is 3. The van der Waals surface area contributed by atoms with Crippen LogP contribution in [0.4, 0.5) is 0 Å². The van der Waals surface area contributed by atoms with E-state index in [9.17, 15) is 0 Å². The number of aliphatic imine (C=N–C) groups is 1. The number of aromatic nitrogens is 1. The quantitative estimate of drug-likeness (QED) is 0.671. The zero-order valence-electron chi connectivity index (χ0n) is 9.47. The van der Waals surface area contributed by atoms with Crippen molar-refractivity contribution in [3.8, 4) is 0 Å². The summed E-state index contributed by atoms with van der Waals surface area (Å²) in [4.78, 5) is 8.39. The van der Waals surface area contributed by atoms with Crippen LogP contribution in [-0.4, -0.2) is 29.0 Å². The summed E-state index contributed by atoms with van der Waals surface area (Å²) in [5, 5.41) is 10.6. The molecule has 0 aliphatic heterocycles. The Morgan fingerprint density at radius 1 is 1.47 bits per heavy atom. The van der Waals surface area contributed by atoms with Crippen LogP contribution in [0.1, 0.15) is 12.5 Å². The van der Waals surface area contributed by atoms with Gasteiger partial charge in [-0.3, -0.25) is 4.99 Å². The lowest BCUT2D eigenvalue weighted by Gasteiger charge is -2.02. The Labute approximate surface area is 105 Å². The summed E-state index contributed by atoms with van der Waals surface area (Å²) in [5.41, 5.74) is 1.64. The molecule has 0 saturated carbocycles. The van der Waals surface area contributed by atoms with Gasteiger partial charge in [-0.05, 0) is 19.1 Å². The molecule has 0 radical (unpaired) electrons. The first-order valence-electron chi connectivity index (χ1n) is 5.40. The van der Waals surface area contributed by atoms with Gasteiger partial charge in [0.05, 0.1) is 18.2 Å². The first-order chi connectivity index (χ1) is 8.16. The van der Waals surface area contributed by atoms with Gasteiger partial charge in [0, 0.05) is 17.2 Å². The van der Waals surface area contributed by atoms with Crippen LogP contribution in [-0.2, 0) is 0 Å². The molecule has 0 aliphatic carbocycles. The molecule has 2 rings (SSSR count). The minimum atomic E-state index is -0.446. The van der Waals surface area contributed by atoms with Gasteiger partial charge in [-0.25, -0.2) is 4.98 Å². The van der Waals surface area contributed by atoms with Crippen molar-refractivity contribution in [2.45, 2.75) is 13.0 Å². The second-order valence-corrected chi connectivity index (χ2v) is 4.26. The zero-order chi connectivity index (χ0) is 12.3. The van der Waals surface area contributed by atoms with E-state index in [1.165, 1.54) is 0 Å². The number of para-hydroxylation sites is 1. The minimum Gasteiger partial charge on any atom is -0.391 e. The highest BCUT2D eigenvalue weighted by Crippen LogP contribution is 2.18. The highest BCUT2D eigenvalue weighted by atomic mass is 35.5. The van der Waals surface area contributed by atoms with Crippen LogP contribution in [0, 0.1) is 0 Å². The third-order valence-electron chi connectivity index (χ3n) is 2.30. The van der Waals surface area contributed by atoms with Crippen LogP contribution in [0.2, 0.25) is 5.15 Å². The first kappa shape index (κ1) is 12.0. The van der Waals surface area contributed by atoms with E-state index < -0.39 is 6.10 Å². The molecule has 1 atom stereocenters. The Morgan fingerprint density at radius 3 is 3.00 bits per heavy atom. The van der Waals surface area contributed by atoms with Gasteiger partial charge < -0.3 is 5.11 Å². The van der Waals surface area contributed by atoms with E-state index in [2.05, 4.69) is 9.98 Å². The van der Waals surface area contributed by atoms with E-state index in [4.69, 9.17) is 16.7 Å². The molecule has 0 bridgehead atoms. The topological polar surface area (TPSA) is 45.5 Å². The minimum absolute atomic E-state index is 0.364. The molecule has 0 saturated heterocycles. The summed E-state index contributed by atoms with van der Waals surface area (Å²) in [7, 11) is 0. The molecule has 3 nitrogen and oxygen atoms in total. The smallest absolute Gasteiger partial charge is 0.138 e. The lowest BCUT2D eigenvalue weighted by Crippen LogP contribution is -2.04. The maximum Gasteiger partial charge on any atom is 0.138 e. The second-order valence-electron chi connectivity index (χ2n) is 3.90. The van der Waals surface area contributed by atoms with Crippen LogP contribution >= 0.6 is 11.6 Å². The van der Waals surface area contributed by atoms with Crippen molar-refractivity contribution in [3.63, 3.8) is 0 Å². The van der Waals surface area contributed by atoms with Crippen molar-refractivity contribution in [1.29, 1.82) is 0 Å². The third kappa shape index (κ3) is 3.02. The first-order valence-corrected chi connectivity index (χ1v) is 5.78. The molecular weight excluding hydrogens is 236 g/mol.